The maximum absolute atomic E-state index is 12.6. The van der Waals surface area contributed by atoms with Crippen LogP contribution in [0.3, 0.4) is 0 Å². The Morgan fingerprint density at radius 1 is 1.32 bits per heavy atom. The summed E-state index contributed by atoms with van der Waals surface area (Å²) in [7, 11) is 0. The number of nitrogens with zero attached hydrogens (tertiary/aromatic N) is 1. The van der Waals surface area contributed by atoms with E-state index in [0.717, 1.165) is 25.9 Å². The summed E-state index contributed by atoms with van der Waals surface area (Å²) < 4.78 is 36.3. The lowest BCUT2D eigenvalue weighted by Gasteiger charge is -2.37. The molecule has 1 unspecified atom stereocenters. The first-order valence-corrected chi connectivity index (χ1v) is 7.06. The second kappa shape index (κ2) is 6.92. The number of aliphatic hydroxyl groups is 1. The summed E-state index contributed by atoms with van der Waals surface area (Å²) in [6.45, 7) is 3.01. The smallest absolute Gasteiger partial charge is 0.266 e. The van der Waals surface area contributed by atoms with Crippen molar-refractivity contribution < 1.29 is 23.4 Å². The van der Waals surface area contributed by atoms with Gasteiger partial charge in [-0.25, -0.2) is 8.78 Å². The fraction of sp³-hybridized carbons (Fsp3) is 1.00. The molecule has 0 spiro atoms. The van der Waals surface area contributed by atoms with Crippen LogP contribution in [0, 0.1) is 0 Å². The van der Waals surface area contributed by atoms with E-state index in [1.165, 1.54) is 0 Å². The highest BCUT2D eigenvalue weighted by molar-refractivity contribution is 4.87. The average molecular weight is 279 g/mol. The Hall–Kier alpha value is -0.300. The number of ether oxygens (including phenoxy) is 2. The van der Waals surface area contributed by atoms with Gasteiger partial charge in [-0.15, -0.1) is 0 Å². The van der Waals surface area contributed by atoms with Crippen molar-refractivity contribution in [3.8, 4) is 0 Å². The Labute approximate surface area is 112 Å². The summed E-state index contributed by atoms with van der Waals surface area (Å²) >= 11 is 0. The number of hydrogen-bond acceptors (Lipinski definition) is 4. The molecule has 112 valence electrons. The molecule has 2 rings (SSSR count). The molecule has 0 aromatic carbocycles. The van der Waals surface area contributed by atoms with Crippen LogP contribution in [-0.2, 0) is 9.47 Å². The first kappa shape index (κ1) is 15.1. The van der Waals surface area contributed by atoms with Crippen LogP contribution in [0.25, 0.3) is 0 Å². The summed E-state index contributed by atoms with van der Waals surface area (Å²) in [4.78, 5) is 2.06. The van der Waals surface area contributed by atoms with Crippen molar-refractivity contribution in [2.75, 3.05) is 32.8 Å². The lowest BCUT2D eigenvalue weighted by Crippen LogP contribution is -2.49. The molecule has 2 heterocycles. The molecule has 4 nitrogen and oxygen atoms in total. The van der Waals surface area contributed by atoms with Crippen LogP contribution in [-0.4, -0.2) is 61.2 Å². The second-order valence-corrected chi connectivity index (χ2v) is 5.41. The van der Waals surface area contributed by atoms with Gasteiger partial charge in [-0.05, 0) is 32.1 Å². The molecule has 0 bridgehead atoms. The van der Waals surface area contributed by atoms with E-state index in [0.29, 0.717) is 26.2 Å². The highest BCUT2D eigenvalue weighted by Crippen LogP contribution is 2.28. The van der Waals surface area contributed by atoms with Gasteiger partial charge in [-0.1, -0.05) is 0 Å². The minimum Gasteiger partial charge on any atom is -0.384 e. The summed E-state index contributed by atoms with van der Waals surface area (Å²) in [6, 6.07) is 0. The first-order valence-electron chi connectivity index (χ1n) is 7.06. The minimum atomic E-state index is -2.65. The van der Waals surface area contributed by atoms with E-state index in [2.05, 4.69) is 4.90 Å². The van der Waals surface area contributed by atoms with Crippen molar-refractivity contribution in [1.29, 1.82) is 0 Å². The molecule has 1 atom stereocenters. The second-order valence-electron chi connectivity index (χ2n) is 5.41. The monoisotopic (exact) mass is 279 g/mol. The van der Waals surface area contributed by atoms with Gasteiger partial charge in [0.2, 0.25) is 0 Å². The van der Waals surface area contributed by atoms with Crippen LogP contribution in [0.1, 0.15) is 32.1 Å². The predicted octanol–water partition coefficient (Wildman–Crippen LogP) is 1.62. The number of likely N-dealkylation sites (tertiary alicyclic amines) is 1. The SMILES string of the molecule is OC1(C(F)F)CCN(CCOC2CCCCO2)CC1. The Bertz CT molecular complexity index is 265. The van der Waals surface area contributed by atoms with Crippen LogP contribution in [0.2, 0.25) is 0 Å². The zero-order valence-corrected chi connectivity index (χ0v) is 11.2. The molecular formula is C13H23F2NO3. The number of halogens is 2. The van der Waals surface area contributed by atoms with Crippen molar-refractivity contribution >= 4 is 0 Å². The van der Waals surface area contributed by atoms with E-state index in [1.54, 1.807) is 0 Å². The fourth-order valence-corrected chi connectivity index (χ4v) is 2.54. The van der Waals surface area contributed by atoms with E-state index in [-0.39, 0.29) is 19.1 Å². The number of piperidine rings is 1. The lowest BCUT2D eigenvalue weighted by atomic mass is 9.92. The first-order chi connectivity index (χ1) is 9.10. The highest BCUT2D eigenvalue weighted by atomic mass is 19.3. The Morgan fingerprint density at radius 2 is 2.05 bits per heavy atom. The standard InChI is InChI=1S/C13H23F2NO3/c14-12(15)13(17)4-6-16(7-5-13)8-10-19-11-3-1-2-9-18-11/h11-12,17H,1-10H2. The lowest BCUT2D eigenvalue weighted by molar-refractivity contribution is -0.167. The summed E-state index contributed by atoms with van der Waals surface area (Å²) in [5, 5.41) is 9.67. The predicted molar refractivity (Wildman–Crippen MR) is 66.2 cm³/mol. The van der Waals surface area contributed by atoms with Crippen molar-refractivity contribution in [2.24, 2.45) is 0 Å². The molecule has 19 heavy (non-hydrogen) atoms. The molecule has 0 aliphatic carbocycles. The average Bonchev–Trinajstić information content (AvgIpc) is 2.42. The third kappa shape index (κ3) is 4.34. The van der Waals surface area contributed by atoms with Gasteiger partial charge in [0, 0.05) is 26.2 Å². The maximum Gasteiger partial charge on any atom is 0.266 e. The Morgan fingerprint density at radius 3 is 2.63 bits per heavy atom. The van der Waals surface area contributed by atoms with Gasteiger partial charge in [0.1, 0.15) is 5.60 Å². The van der Waals surface area contributed by atoms with Crippen LogP contribution < -0.4 is 0 Å². The molecule has 6 heteroatoms. The van der Waals surface area contributed by atoms with Gasteiger partial charge in [-0.2, -0.15) is 0 Å². The zero-order chi connectivity index (χ0) is 13.7. The molecule has 0 saturated carbocycles. The van der Waals surface area contributed by atoms with Crippen molar-refractivity contribution in [3.05, 3.63) is 0 Å². The number of rotatable bonds is 5. The van der Waals surface area contributed by atoms with E-state index < -0.39 is 12.0 Å². The van der Waals surface area contributed by atoms with E-state index in [1.807, 2.05) is 0 Å². The van der Waals surface area contributed by atoms with Gasteiger partial charge in [0.05, 0.1) is 6.61 Å². The number of hydrogen-bond donors (Lipinski definition) is 1. The van der Waals surface area contributed by atoms with Gasteiger partial charge in [0.15, 0.2) is 6.29 Å². The molecule has 0 aromatic rings. The van der Waals surface area contributed by atoms with Crippen LogP contribution in [0.15, 0.2) is 0 Å². The molecule has 2 aliphatic rings. The molecule has 2 aliphatic heterocycles. The molecule has 0 amide bonds. The third-order valence-corrected chi connectivity index (χ3v) is 3.98. The third-order valence-electron chi connectivity index (χ3n) is 3.98. The molecule has 0 radical (unpaired) electrons. The summed E-state index contributed by atoms with van der Waals surface area (Å²) in [5.74, 6) is 0. The van der Waals surface area contributed by atoms with E-state index in [9.17, 15) is 13.9 Å². The minimum absolute atomic E-state index is 0.100. The zero-order valence-electron chi connectivity index (χ0n) is 11.2. The normalized spacial score (nSPS) is 28.7. The molecule has 1 N–H and O–H groups in total. The van der Waals surface area contributed by atoms with Crippen molar-refractivity contribution in [1.82, 2.24) is 4.90 Å². The molecule has 0 aromatic heterocycles. The van der Waals surface area contributed by atoms with Crippen molar-refractivity contribution in [2.45, 2.75) is 50.4 Å². The van der Waals surface area contributed by atoms with Gasteiger partial charge in [0.25, 0.3) is 6.43 Å². The number of alkyl halides is 2. The van der Waals surface area contributed by atoms with Crippen LogP contribution >= 0.6 is 0 Å². The largest absolute Gasteiger partial charge is 0.384 e. The van der Waals surface area contributed by atoms with Crippen LogP contribution in [0.5, 0.6) is 0 Å². The van der Waals surface area contributed by atoms with Gasteiger partial charge < -0.3 is 19.5 Å². The van der Waals surface area contributed by atoms with Crippen molar-refractivity contribution in [3.63, 3.8) is 0 Å². The summed E-state index contributed by atoms with van der Waals surface area (Å²) in [6.07, 6.45) is 0.673. The van der Waals surface area contributed by atoms with Gasteiger partial charge >= 0.3 is 0 Å². The Kier molecular flexibility index (Phi) is 5.50. The maximum atomic E-state index is 12.6. The topological polar surface area (TPSA) is 41.9 Å². The quantitative estimate of drug-likeness (QED) is 0.830. The summed E-state index contributed by atoms with van der Waals surface area (Å²) in [5.41, 5.74) is -1.79. The molecule has 2 saturated heterocycles. The molecule has 2 fully saturated rings. The Balaban J connectivity index is 1.60. The van der Waals surface area contributed by atoms with E-state index in [4.69, 9.17) is 9.47 Å². The van der Waals surface area contributed by atoms with E-state index >= 15 is 0 Å². The molecular weight excluding hydrogens is 256 g/mol. The van der Waals surface area contributed by atoms with Crippen LogP contribution in [0.4, 0.5) is 8.78 Å². The highest BCUT2D eigenvalue weighted by Gasteiger charge is 2.40. The fourth-order valence-electron chi connectivity index (χ4n) is 2.54. The van der Waals surface area contributed by atoms with Gasteiger partial charge in [-0.3, -0.25) is 0 Å².